The van der Waals surface area contributed by atoms with Crippen LogP contribution in [0.25, 0.3) is 0 Å². The molecule has 0 bridgehead atoms. The van der Waals surface area contributed by atoms with Crippen molar-refractivity contribution >= 4 is 5.97 Å². The van der Waals surface area contributed by atoms with Crippen molar-refractivity contribution in [2.75, 3.05) is 7.11 Å². The molecule has 0 atom stereocenters. The van der Waals surface area contributed by atoms with E-state index in [0.717, 1.165) is 24.0 Å². The van der Waals surface area contributed by atoms with Gasteiger partial charge < -0.3 is 14.9 Å². The maximum atomic E-state index is 10.7. The minimum atomic E-state index is -0.920. The van der Waals surface area contributed by atoms with Gasteiger partial charge in [-0.2, -0.15) is 0 Å². The Hall–Kier alpha value is -2.49. The van der Waals surface area contributed by atoms with Gasteiger partial charge in [0.1, 0.15) is 0 Å². The molecule has 104 valence electrons. The van der Waals surface area contributed by atoms with E-state index in [0.29, 0.717) is 5.75 Å². The van der Waals surface area contributed by atoms with Crippen molar-refractivity contribution < 1.29 is 19.7 Å². The third-order valence-electron chi connectivity index (χ3n) is 3.15. The Morgan fingerprint density at radius 1 is 1.05 bits per heavy atom. The zero-order valence-corrected chi connectivity index (χ0v) is 11.2. The van der Waals surface area contributed by atoms with Gasteiger partial charge in [-0.1, -0.05) is 18.2 Å². The molecule has 0 spiro atoms. The molecule has 0 radical (unpaired) electrons. The molecular weight excluding hydrogens is 256 g/mol. The predicted molar refractivity (Wildman–Crippen MR) is 75.5 cm³/mol. The topological polar surface area (TPSA) is 66.8 Å². The molecule has 4 heteroatoms. The average molecular weight is 272 g/mol. The van der Waals surface area contributed by atoms with Crippen LogP contribution in [-0.2, 0) is 12.8 Å². The molecule has 0 heterocycles. The van der Waals surface area contributed by atoms with E-state index in [-0.39, 0.29) is 11.3 Å². The number of methoxy groups -OCH3 is 1. The van der Waals surface area contributed by atoms with E-state index in [2.05, 4.69) is 0 Å². The highest BCUT2D eigenvalue weighted by molar-refractivity contribution is 5.87. The van der Waals surface area contributed by atoms with Gasteiger partial charge in [0.2, 0.25) is 0 Å². The van der Waals surface area contributed by atoms with Gasteiger partial charge in [0.15, 0.2) is 11.5 Å². The molecule has 2 aromatic rings. The molecule has 0 saturated heterocycles. The van der Waals surface area contributed by atoms with Crippen LogP contribution in [0.5, 0.6) is 11.5 Å². The van der Waals surface area contributed by atoms with E-state index in [1.54, 1.807) is 24.3 Å². The second-order valence-electron chi connectivity index (χ2n) is 4.51. The number of aryl methyl sites for hydroxylation is 2. The number of phenols is 1. The lowest BCUT2D eigenvalue weighted by Gasteiger charge is -2.06. The molecule has 0 unspecified atom stereocenters. The molecular formula is C16H16O4. The first-order chi connectivity index (χ1) is 9.60. The van der Waals surface area contributed by atoms with E-state index >= 15 is 0 Å². The second kappa shape index (κ2) is 6.10. The normalized spacial score (nSPS) is 10.2. The van der Waals surface area contributed by atoms with Crippen molar-refractivity contribution in [2.45, 2.75) is 12.8 Å². The van der Waals surface area contributed by atoms with Crippen LogP contribution in [0.2, 0.25) is 0 Å². The molecule has 0 saturated carbocycles. The highest BCUT2D eigenvalue weighted by Gasteiger charge is 2.04. The highest BCUT2D eigenvalue weighted by atomic mass is 16.5. The number of carboxylic acid groups (broad SMARTS) is 1. The van der Waals surface area contributed by atoms with Crippen LogP contribution < -0.4 is 4.74 Å². The van der Waals surface area contributed by atoms with Crippen molar-refractivity contribution in [3.05, 3.63) is 59.2 Å². The first kappa shape index (κ1) is 13.9. The lowest BCUT2D eigenvalue weighted by atomic mass is 10.0. The third kappa shape index (κ3) is 3.29. The lowest BCUT2D eigenvalue weighted by Crippen LogP contribution is -1.97. The molecule has 4 nitrogen and oxygen atoms in total. The van der Waals surface area contributed by atoms with Crippen LogP contribution in [0, 0.1) is 0 Å². The summed E-state index contributed by atoms with van der Waals surface area (Å²) in [5.41, 5.74) is 2.35. The number of phenolic OH excluding ortho intramolecular Hbond substituents is 1. The molecule has 20 heavy (non-hydrogen) atoms. The van der Waals surface area contributed by atoms with Gasteiger partial charge >= 0.3 is 5.97 Å². The van der Waals surface area contributed by atoms with Crippen LogP contribution >= 0.6 is 0 Å². The zero-order chi connectivity index (χ0) is 14.5. The first-order valence-electron chi connectivity index (χ1n) is 6.28. The third-order valence-corrected chi connectivity index (χ3v) is 3.15. The van der Waals surface area contributed by atoms with Crippen molar-refractivity contribution in [1.29, 1.82) is 0 Å². The first-order valence-corrected chi connectivity index (χ1v) is 6.28. The minimum absolute atomic E-state index is 0.131. The quantitative estimate of drug-likeness (QED) is 0.878. The number of rotatable bonds is 5. The van der Waals surface area contributed by atoms with Crippen LogP contribution in [0.1, 0.15) is 21.5 Å². The largest absolute Gasteiger partial charge is 0.504 e. The van der Waals surface area contributed by atoms with Gasteiger partial charge in [-0.25, -0.2) is 4.79 Å². The smallest absolute Gasteiger partial charge is 0.335 e. The second-order valence-corrected chi connectivity index (χ2v) is 4.51. The zero-order valence-electron chi connectivity index (χ0n) is 11.2. The number of carbonyl (C=O) groups is 1. The number of ether oxygens (including phenoxy) is 1. The Balaban J connectivity index is 2.01. The summed E-state index contributed by atoms with van der Waals surface area (Å²) >= 11 is 0. The molecule has 0 fully saturated rings. The van der Waals surface area contributed by atoms with Crippen molar-refractivity contribution in [1.82, 2.24) is 0 Å². The Bertz CT molecular complexity index is 602. The van der Waals surface area contributed by atoms with Gasteiger partial charge in [-0.05, 0) is 48.2 Å². The lowest BCUT2D eigenvalue weighted by molar-refractivity contribution is 0.0697. The van der Waals surface area contributed by atoms with E-state index in [4.69, 9.17) is 9.84 Å². The number of carboxylic acids is 1. The highest BCUT2D eigenvalue weighted by Crippen LogP contribution is 2.26. The van der Waals surface area contributed by atoms with E-state index in [9.17, 15) is 9.90 Å². The number of benzene rings is 2. The average Bonchev–Trinajstić information content (AvgIpc) is 2.45. The fourth-order valence-electron chi connectivity index (χ4n) is 1.99. The molecule has 2 N–H and O–H groups in total. The predicted octanol–water partition coefficient (Wildman–Crippen LogP) is 2.88. The molecule has 0 aliphatic carbocycles. The minimum Gasteiger partial charge on any atom is -0.504 e. The summed E-state index contributed by atoms with van der Waals surface area (Å²) in [6.45, 7) is 0. The Morgan fingerprint density at radius 3 is 2.20 bits per heavy atom. The Morgan fingerprint density at radius 2 is 1.65 bits per heavy atom. The van der Waals surface area contributed by atoms with Crippen LogP contribution in [0.3, 0.4) is 0 Å². The summed E-state index contributed by atoms with van der Waals surface area (Å²) in [6.07, 6.45) is 1.55. The van der Waals surface area contributed by atoms with Gasteiger partial charge in [0, 0.05) is 0 Å². The molecule has 0 aliphatic heterocycles. The molecule has 0 amide bonds. The van der Waals surface area contributed by atoms with E-state index < -0.39 is 5.97 Å². The molecule has 0 aromatic heterocycles. The van der Waals surface area contributed by atoms with Crippen LogP contribution in [0.15, 0.2) is 42.5 Å². The SMILES string of the molecule is COc1ccc(CCc2ccc(C(=O)O)cc2)cc1O. The summed E-state index contributed by atoms with van der Waals surface area (Å²) in [7, 11) is 1.51. The molecule has 0 aliphatic rings. The maximum absolute atomic E-state index is 10.7. The summed E-state index contributed by atoms with van der Waals surface area (Å²) < 4.78 is 4.99. The van der Waals surface area contributed by atoms with Gasteiger partial charge in [-0.3, -0.25) is 0 Å². The van der Waals surface area contributed by atoms with E-state index in [1.807, 2.05) is 18.2 Å². The maximum Gasteiger partial charge on any atom is 0.335 e. The molecule has 2 rings (SSSR count). The van der Waals surface area contributed by atoms with Gasteiger partial charge in [0.05, 0.1) is 12.7 Å². The monoisotopic (exact) mass is 272 g/mol. The summed E-state index contributed by atoms with van der Waals surface area (Å²) in [4.78, 5) is 10.7. The van der Waals surface area contributed by atoms with Gasteiger partial charge in [-0.15, -0.1) is 0 Å². The number of aromatic carboxylic acids is 1. The molecule has 2 aromatic carbocycles. The van der Waals surface area contributed by atoms with Gasteiger partial charge in [0.25, 0.3) is 0 Å². The number of hydrogen-bond acceptors (Lipinski definition) is 3. The number of aromatic hydroxyl groups is 1. The standard InChI is InChI=1S/C16H16O4/c1-20-15-9-6-12(10-14(15)17)3-2-11-4-7-13(8-5-11)16(18)19/h4-10,17H,2-3H2,1H3,(H,18,19). The van der Waals surface area contributed by atoms with Crippen LogP contribution in [0.4, 0.5) is 0 Å². The van der Waals surface area contributed by atoms with Crippen LogP contribution in [-0.4, -0.2) is 23.3 Å². The summed E-state index contributed by atoms with van der Waals surface area (Å²) in [5.74, 6) is -0.331. The van der Waals surface area contributed by atoms with Crippen molar-refractivity contribution in [3.63, 3.8) is 0 Å². The summed E-state index contributed by atoms with van der Waals surface area (Å²) in [6, 6.07) is 12.2. The van der Waals surface area contributed by atoms with E-state index in [1.165, 1.54) is 7.11 Å². The summed E-state index contributed by atoms with van der Waals surface area (Å²) in [5, 5.41) is 18.5. The van der Waals surface area contributed by atoms with Crippen molar-refractivity contribution in [3.8, 4) is 11.5 Å². The fraction of sp³-hybridized carbons (Fsp3) is 0.188. The fourth-order valence-corrected chi connectivity index (χ4v) is 1.99. The van der Waals surface area contributed by atoms with Crippen molar-refractivity contribution in [2.24, 2.45) is 0 Å². The number of hydrogen-bond donors (Lipinski definition) is 2. The Labute approximate surface area is 117 Å². The Kier molecular flexibility index (Phi) is 4.25.